The Morgan fingerprint density at radius 3 is 0.875 bits per heavy atom. The molecule has 0 heterocycles. The number of nitrogens with two attached hydrogens (primary N) is 3. The number of amides is 2. The predicted octanol–water partition coefficient (Wildman–Crippen LogP) is 12.1. The Hall–Kier alpha value is -7.69. The number of Topliss-reactive ketones (excluding diaryl/α,β-unsaturated/α-hetero) is 1. The first-order valence-electron chi connectivity index (χ1n) is 31.7. The van der Waals surface area contributed by atoms with Gasteiger partial charge < -0.3 is 56.3 Å². The molecule has 0 bridgehead atoms. The predicted molar refractivity (Wildman–Crippen MR) is 356 cm³/mol. The van der Waals surface area contributed by atoms with Gasteiger partial charge in [0.05, 0.1) is 39.6 Å². The Labute approximate surface area is 528 Å². The topological polar surface area (TPSA) is 209 Å². The van der Waals surface area contributed by atoms with Crippen LogP contribution < -0.4 is 56.3 Å². The molecule has 0 aliphatic heterocycles. The number of ether oxygens (including phenoxy) is 6. The molecule has 1 saturated carbocycles. The largest absolute Gasteiger partial charge is 0.493 e. The Morgan fingerprint density at radius 1 is 0.386 bits per heavy atom. The zero-order valence-corrected chi connectivity index (χ0v) is 51.7. The van der Waals surface area contributed by atoms with E-state index in [4.69, 9.17) is 84.2 Å². The van der Waals surface area contributed by atoms with Crippen LogP contribution in [-0.2, 0) is 19.3 Å². The molecule has 14 nitrogen and oxygen atoms in total. The summed E-state index contributed by atoms with van der Waals surface area (Å²) < 4.78 is 38.6. The van der Waals surface area contributed by atoms with Crippen LogP contribution in [0, 0.1) is 80.0 Å². The minimum Gasteiger partial charge on any atom is -0.493 e. The minimum atomic E-state index is -0.488. The molecule has 1 aliphatic carbocycles. The molecule has 4 rings (SSSR count). The number of nitrogens with one attached hydrogen (secondary N) is 2. The molecule has 2 unspecified atom stereocenters. The molecule has 88 heavy (non-hydrogen) atoms. The second kappa shape index (κ2) is 45.6. The number of benzene rings is 3. The fourth-order valence-corrected chi connectivity index (χ4v) is 10.5. The zero-order valence-electron chi connectivity index (χ0n) is 51.7. The first-order valence-corrected chi connectivity index (χ1v) is 31.7. The summed E-state index contributed by atoms with van der Waals surface area (Å²) in [6, 6.07) is 9.69. The highest BCUT2D eigenvalue weighted by Crippen LogP contribution is 2.38. The van der Waals surface area contributed by atoms with Crippen LogP contribution in [0.4, 0.5) is 0 Å². The van der Waals surface area contributed by atoms with E-state index in [1.54, 1.807) is 24.3 Å². The van der Waals surface area contributed by atoms with Crippen molar-refractivity contribution in [2.24, 2.45) is 23.1 Å². The van der Waals surface area contributed by atoms with Crippen molar-refractivity contribution < 1.29 is 42.8 Å². The number of hydrogen-bond donors (Lipinski definition) is 5. The van der Waals surface area contributed by atoms with E-state index < -0.39 is 12.1 Å². The highest BCUT2D eigenvalue weighted by atomic mass is 16.5. The van der Waals surface area contributed by atoms with Gasteiger partial charge in [0.15, 0.2) is 5.78 Å². The lowest BCUT2D eigenvalue weighted by Gasteiger charge is -2.36. The summed E-state index contributed by atoms with van der Waals surface area (Å²) in [7, 11) is 0. The maximum absolute atomic E-state index is 15.0. The first kappa shape index (κ1) is 74.6. The van der Waals surface area contributed by atoms with E-state index in [2.05, 4.69) is 46.2 Å². The van der Waals surface area contributed by atoms with Gasteiger partial charge in [-0.15, -0.1) is 74.1 Å². The fourth-order valence-electron chi connectivity index (χ4n) is 10.5. The van der Waals surface area contributed by atoms with Crippen molar-refractivity contribution in [3.8, 4) is 109 Å². The van der Waals surface area contributed by atoms with Crippen molar-refractivity contribution in [2.75, 3.05) is 59.3 Å². The quantitative estimate of drug-likeness (QED) is 0.0203. The average molecular weight is 1200 g/mol. The van der Waals surface area contributed by atoms with E-state index in [0.717, 1.165) is 93.7 Å². The van der Waals surface area contributed by atoms with Crippen molar-refractivity contribution in [1.29, 1.82) is 0 Å². The number of carbonyl (C=O) groups is 3. The molecule has 1 fully saturated rings. The lowest BCUT2D eigenvalue weighted by Crippen LogP contribution is -2.48. The number of rotatable bonds is 46. The van der Waals surface area contributed by atoms with Crippen LogP contribution in [-0.4, -0.2) is 89.0 Å². The highest BCUT2D eigenvalue weighted by Gasteiger charge is 2.34. The van der Waals surface area contributed by atoms with E-state index in [0.29, 0.717) is 207 Å². The molecule has 0 saturated heterocycles. The molecule has 0 spiro atoms. The average Bonchev–Trinajstić information content (AvgIpc) is 3.65. The van der Waals surface area contributed by atoms with Crippen LogP contribution in [0.3, 0.4) is 0 Å². The maximum atomic E-state index is 15.0. The standard InChI is InChI=1S/C73H97N5O9.CH4/c1-7-13-19-25-40-82-66-49-57(50-67(62(66)34-31-37-74)83-41-26-20-14-8-2)65(79)48-56-46-60(77-72(80)58-51-68(84-42-27-21-15-9-3)63(35-32-38-75)69(52-58)85-43-28-22-16-10-4)55-61(47-56)78-73(81)59-53-70(86-44-29-23-17-11-5)64(36-33-39-76)71(54-59)87-45-30-24-18-12-6;/h1-6,49-54,56,60-61H,13-48,55,74-76H2,(H,77,80)(H,78,81);1H4. The molecular formula is C74H101N5O9. The molecule has 3 aromatic rings. The highest BCUT2D eigenvalue weighted by molar-refractivity contribution is 5.98. The van der Waals surface area contributed by atoms with Gasteiger partial charge >= 0.3 is 0 Å². The normalized spacial score (nSPS) is 14.0. The summed E-state index contributed by atoms with van der Waals surface area (Å²) in [6.45, 7) is 3.70. The number of ketones is 1. The molecule has 8 N–H and O–H groups in total. The third-order valence-corrected chi connectivity index (χ3v) is 15.0. The summed E-state index contributed by atoms with van der Waals surface area (Å²) in [5.41, 5.74) is 21.7. The Bertz CT molecular complexity index is 2400. The van der Waals surface area contributed by atoms with E-state index in [1.165, 1.54) is 0 Å². The van der Waals surface area contributed by atoms with Crippen molar-refractivity contribution in [1.82, 2.24) is 10.6 Å². The lowest BCUT2D eigenvalue weighted by atomic mass is 9.79. The lowest BCUT2D eigenvalue weighted by molar-refractivity contribution is 0.0862. The molecule has 0 radical (unpaired) electrons. The van der Waals surface area contributed by atoms with E-state index in [9.17, 15) is 14.4 Å². The van der Waals surface area contributed by atoms with Crippen molar-refractivity contribution >= 4 is 17.6 Å². The molecule has 1 aliphatic rings. The van der Waals surface area contributed by atoms with Gasteiger partial charge in [-0.3, -0.25) is 14.4 Å². The van der Waals surface area contributed by atoms with Crippen LogP contribution >= 0.6 is 0 Å². The third kappa shape index (κ3) is 27.6. The molecule has 0 aromatic heterocycles. The summed E-state index contributed by atoms with van der Waals surface area (Å²) in [5.74, 6) is 18.2. The number of unbranched alkanes of at least 4 members (excludes halogenated alkanes) is 12. The smallest absolute Gasteiger partial charge is 0.251 e. The second-order valence-electron chi connectivity index (χ2n) is 22.1. The van der Waals surface area contributed by atoms with Gasteiger partial charge in [0, 0.05) is 90.4 Å². The van der Waals surface area contributed by atoms with Crippen LogP contribution in [0.15, 0.2) is 36.4 Å². The molecule has 2 amide bonds. The molecule has 2 atom stereocenters. The first-order chi connectivity index (χ1) is 42.6. The summed E-state index contributed by atoms with van der Waals surface area (Å²) >= 11 is 0. The van der Waals surface area contributed by atoms with Crippen LogP contribution in [0.1, 0.15) is 216 Å². The van der Waals surface area contributed by atoms with Gasteiger partial charge in [0.25, 0.3) is 11.8 Å². The second-order valence-corrected chi connectivity index (χ2v) is 22.1. The van der Waals surface area contributed by atoms with Gasteiger partial charge in [-0.25, -0.2) is 0 Å². The Morgan fingerprint density at radius 2 is 0.636 bits per heavy atom. The molecule has 14 heteroatoms. The summed E-state index contributed by atoms with van der Waals surface area (Å²) in [5, 5.41) is 6.64. The Kier molecular flexibility index (Phi) is 38.6. The third-order valence-electron chi connectivity index (χ3n) is 15.0. The molecular weight excluding hydrogens is 1100 g/mol. The van der Waals surface area contributed by atoms with Crippen LogP contribution in [0.5, 0.6) is 34.5 Å². The summed E-state index contributed by atoms with van der Waals surface area (Å²) in [4.78, 5) is 44.7. The minimum absolute atomic E-state index is 0. The Balaban J connectivity index is 0.0000202. The van der Waals surface area contributed by atoms with Crippen molar-refractivity contribution in [2.45, 2.75) is 199 Å². The number of terminal acetylenes is 6. The van der Waals surface area contributed by atoms with Crippen LogP contribution in [0.2, 0.25) is 0 Å². The number of hydrogen-bond acceptors (Lipinski definition) is 12. The van der Waals surface area contributed by atoms with E-state index in [-0.39, 0.29) is 37.4 Å². The molecule has 3 aromatic carbocycles. The van der Waals surface area contributed by atoms with Crippen molar-refractivity contribution in [3.05, 3.63) is 69.8 Å². The zero-order chi connectivity index (χ0) is 62.7. The van der Waals surface area contributed by atoms with Gasteiger partial charge in [0.2, 0.25) is 0 Å². The summed E-state index contributed by atoms with van der Waals surface area (Å²) in [6.07, 6.45) is 51.2. The van der Waals surface area contributed by atoms with E-state index >= 15 is 0 Å². The van der Waals surface area contributed by atoms with E-state index in [1.807, 2.05) is 12.1 Å². The fraction of sp³-hybridized carbons (Fsp3) is 0.554. The van der Waals surface area contributed by atoms with Gasteiger partial charge in [-0.2, -0.15) is 0 Å². The van der Waals surface area contributed by atoms with Gasteiger partial charge in [-0.1, -0.05) is 7.43 Å². The monoisotopic (exact) mass is 1200 g/mol. The maximum Gasteiger partial charge on any atom is 0.251 e. The van der Waals surface area contributed by atoms with Crippen molar-refractivity contribution in [3.63, 3.8) is 0 Å². The molecule has 476 valence electrons. The van der Waals surface area contributed by atoms with Crippen LogP contribution in [0.25, 0.3) is 0 Å². The van der Waals surface area contributed by atoms with Gasteiger partial charge in [0.1, 0.15) is 34.5 Å². The SMILES string of the molecule is C.C#CCCCCOc1cc(C(=O)CC2CC(NC(=O)c3cc(OCCCCC#C)c(CCCN)c(OCCCCC#C)c3)CC(NC(=O)c3cc(OCCCCC#C)c(CCCN)c(OCCCCC#C)c3)C2)cc(OCCCCC#C)c1CCCN. The van der Waals surface area contributed by atoms with Gasteiger partial charge in [-0.05, 0) is 197 Å². The number of carbonyl (C=O) groups excluding carboxylic acids is 3.